The van der Waals surface area contributed by atoms with Crippen LogP contribution < -0.4 is 10.7 Å². The number of hydrazine groups is 1. The Morgan fingerprint density at radius 2 is 1.64 bits per heavy atom. The Labute approximate surface area is 143 Å². The summed E-state index contributed by atoms with van der Waals surface area (Å²) in [6.45, 7) is 7.91. The van der Waals surface area contributed by atoms with E-state index in [2.05, 4.69) is 21.0 Å². The number of hydrogen-bond donors (Lipinski definition) is 2. The normalized spacial score (nSPS) is 14.9. The summed E-state index contributed by atoms with van der Waals surface area (Å²) >= 11 is 11.3. The summed E-state index contributed by atoms with van der Waals surface area (Å²) < 4.78 is 0. The number of benzene rings is 1. The van der Waals surface area contributed by atoms with E-state index in [0.29, 0.717) is 10.1 Å². The molecule has 5 nitrogen and oxygen atoms in total. The van der Waals surface area contributed by atoms with Crippen molar-refractivity contribution in [1.29, 1.82) is 0 Å². The van der Waals surface area contributed by atoms with Crippen molar-refractivity contribution in [2.24, 2.45) is 10.2 Å². The van der Waals surface area contributed by atoms with Gasteiger partial charge in [-0.3, -0.25) is 5.43 Å². The third-order valence-corrected chi connectivity index (χ3v) is 3.08. The first-order valence-electron chi connectivity index (χ1n) is 6.98. The topological polar surface area (TPSA) is 52.0 Å². The lowest BCUT2D eigenvalue weighted by molar-refractivity contribution is 0.339. The second-order valence-electron chi connectivity index (χ2n) is 6.41. The van der Waals surface area contributed by atoms with Gasteiger partial charge in [-0.25, -0.2) is 5.01 Å². The van der Waals surface area contributed by atoms with Gasteiger partial charge in [0, 0.05) is 24.7 Å². The molecule has 0 aliphatic rings. The molecular formula is C15H24ClN5S. The highest BCUT2D eigenvalue weighted by Gasteiger charge is 2.28. The predicted octanol–water partition coefficient (Wildman–Crippen LogP) is 3.70. The smallest absolute Gasteiger partial charge is 0.183 e. The van der Waals surface area contributed by atoms with Crippen molar-refractivity contribution in [1.82, 2.24) is 15.8 Å². The van der Waals surface area contributed by atoms with Gasteiger partial charge in [0.25, 0.3) is 0 Å². The van der Waals surface area contributed by atoms with Crippen LogP contribution in [0.15, 0.2) is 34.5 Å². The van der Waals surface area contributed by atoms with Crippen molar-refractivity contribution in [2.45, 2.75) is 38.9 Å². The zero-order chi connectivity index (χ0) is 17.0. The summed E-state index contributed by atoms with van der Waals surface area (Å²) in [5.41, 5.74) is 2.87. The minimum Gasteiger partial charge on any atom is -0.332 e. The molecule has 0 aliphatic carbocycles. The minimum atomic E-state index is -0.780. The van der Waals surface area contributed by atoms with Crippen LogP contribution >= 0.6 is 23.8 Å². The van der Waals surface area contributed by atoms with E-state index in [4.69, 9.17) is 23.8 Å². The summed E-state index contributed by atoms with van der Waals surface area (Å²) in [5, 5.41) is 15.0. The molecule has 1 aromatic rings. The number of halogens is 1. The highest BCUT2D eigenvalue weighted by Crippen LogP contribution is 2.26. The summed E-state index contributed by atoms with van der Waals surface area (Å²) in [6.07, 6.45) is 0. The van der Waals surface area contributed by atoms with Crippen LogP contribution in [0, 0.1) is 0 Å². The second-order valence-corrected chi connectivity index (χ2v) is 7.25. The molecular weight excluding hydrogens is 318 g/mol. The zero-order valence-corrected chi connectivity index (χ0v) is 15.5. The highest BCUT2D eigenvalue weighted by molar-refractivity contribution is 7.80. The summed E-state index contributed by atoms with van der Waals surface area (Å²) in [7, 11) is 3.73. The summed E-state index contributed by atoms with van der Waals surface area (Å²) in [5.74, 6) is 0. The molecule has 0 spiro atoms. The first-order valence-corrected chi connectivity index (χ1v) is 7.77. The van der Waals surface area contributed by atoms with Gasteiger partial charge in [0.15, 0.2) is 10.8 Å². The quantitative estimate of drug-likeness (QED) is 0.498. The van der Waals surface area contributed by atoms with E-state index in [1.54, 1.807) is 5.01 Å². The van der Waals surface area contributed by atoms with Crippen LogP contribution in [-0.4, -0.2) is 29.8 Å². The van der Waals surface area contributed by atoms with Crippen LogP contribution in [0.1, 0.15) is 33.3 Å². The van der Waals surface area contributed by atoms with Crippen LogP contribution in [0.4, 0.5) is 0 Å². The average Bonchev–Trinajstić information content (AvgIpc) is 2.35. The first kappa shape index (κ1) is 18.8. The van der Waals surface area contributed by atoms with Gasteiger partial charge in [0.2, 0.25) is 0 Å². The SMILES string of the molecule is CN(C)NC(=S)NC(C)(N=NC(C)(C)C)c1ccc(Cl)cc1. The van der Waals surface area contributed by atoms with Crippen molar-refractivity contribution in [3.8, 4) is 0 Å². The molecule has 0 amide bonds. The maximum Gasteiger partial charge on any atom is 0.183 e. The van der Waals surface area contributed by atoms with Crippen LogP contribution in [0.25, 0.3) is 0 Å². The number of hydrogen-bond acceptors (Lipinski definition) is 4. The number of rotatable bonds is 4. The Balaban J connectivity index is 3.11. The molecule has 1 aromatic carbocycles. The third-order valence-electron chi connectivity index (χ3n) is 2.64. The molecule has 122 valence electrons. The Morgan fingerprint density at radius 1 is 1.09 bits per heavy atom. The van der Waals surface area contributed by atoms with Gasteiger partial charge in [-0.15, -0.1) is 0 Å². The van der Waals surface area contributed by atoms with Gasteiger partial charge >= 0.3 is 0 Å². The van der Waals surface area contributed by atoms with Crippen LogP contribution in [0.5, 0.6) is 0 Å². The van der Waals surface area contributed by atoms with E-state index < -0.39 is 5.66 Å². The first-order chi connectivity index (χ1) is 10.0. The molecule has 1 atom stereocenters. The minimum absolute atomic E-state index is 0.272. The third kappa shape index (κ3) is 6.25. The Kier molecular flexibility index (Phi) is 6.28. The molecule has 1 unspecified atom stereocenters. The molecule has 0 bridgehead atoms. The van der Waals surface area contributed by atoms with E-state index >= 15 is 0 Å². The lowest BCUT2D eigenvalue weighted by Crippen LogP contribution is -2.50. The summed E-state index contributed by atoms with van der Waals surface area (Å²) in [6, 6.07) is 7.47. The van der Waals surface area contributed by atoms with Crippen molar-refractivity contribution in [2.75, 3.05) is 14.1 Å². The zero-order valence-electron chi connectivity index (χ0n) is 13.9. The lowest BCUT2D eigenvalue weighted by atomic mass is 10.0. The molecule has 0 fully saturated rings. The Morgan fingerprint density at radius 3 is 2.09 bits per heavy atom. The maximum atomic E-state index is 5.97. The van der Waals surface area contributed by atoms with Gasteiger partial charge in [0.05, 0.1) is 5.54 Å². The standard InChI is InChI=1S/C15H24ClN5S/c1-14(2,3)19-20-15(4,17-13(22)18-21(5)6)11-7-9-12(16)10-8-11/h7-10H,1-6H3,(H2,17,18,22). The molecule has 0 saturated carbocycles. The van der Waals surface area contributed by atoms with Gasteiger partial charge in [-0.2, -0.15) is 10.2 Å². The molecule has 7 heteroatoms. The molecule has 1 rings (SSSR count). The van der Waals surface area contributed by atoms with E-state index in [1.165, 1.54) is 0 Å². The average molecular weight is 342 g/mol. The molecule has 2 N–H and O–H groups in total. The fraction of sp³-hybridized carbons (Fsp3) is 0.533. The molecule has 0 radical (unpaired) electrons. The van der Waals surface area contributed by atoms with Crippen molar-refractivity contribution in [3.63, 3.8) is 0 Å². The fourth-order valence-corrected chi connectivity index (χ4v) is 2.14. The van der Waals surface area contributed by atoms with Crippen LogP contribution in [-0.2, 0) is 5.66 Å². The molecule has 0 heterocycles. The van der Waals surface area contributed by atoms with Crippen LogP contribution in [0.3, 0.4) is 0 Å². The molecule has 0 saturated heterocycles. The number of azo groups is 1. The van der Waals surface area contributed by atoms with Gasteiger partial charge in [0.1, 0.15) is 0 Å². The monoisotopic (exact) mass is 341 g/mol. The largest absolute Gasteiger partial charge is 0.332 e. The fourth-order valence-electron chi connectivity index (χ4n) is 1.63. The lowest BCUT2D eigenvalue weighted by Gasteiger charge is -2.29. The second kappa shape index (κ2) is 7.35. The van der Waals surface area contributed by atoms with Gasteiger partial charge in [-0.05, 0) is 52.0 Å². The van der Waals surface area contributed by atoms with Crippen LogP contribution in [0.2, 0.25) is 5.02 Å². The summed E-state index contributed by atoms with van der Waals surface area (Å²) in [4.78, 5) is 0. The van der Waals surface area contributed by atoms with Gasteiger partial charge in [-0.1, -0.05) is 23.7 Å². The maximum absolute atomic E-state index is 5.97. The van der Waals surface area contributed by atoms with E-state index in [-0.39, 0.29) is 5.54 Å². The van der Waals surface area contributed by atoms with E-state index in [1.807, 2.05) is 66.1 Å². The van der Waals surface area contributed by atoms with Crippen molar-refractivity contribution in [3.05, 3.63) is 34.9 Å². The number of nitrogens with zero attached hydrogens (tertiary/aromatic N) is 3. The number of nitrogens with one attached hydrogen (secondary N) is 2. The highest BCUT2D eigenvalue weighted by atomic mass is 35.5. The Bertz CT molecular complexity index is 536. The molecule has 0 aromatic heterocycles. The molecule has 0 aliphatic heterocycles. The van der Waals surface area contributed by atoms with E-state index in [9.17, 15) is 0 Å². The van der Waals surface area contributed by atoms with Gasteiger partial charge < -0.3 is 5.32 Å². The van der Waals surface area contributed by atoms with Crippen molar-refractivity contribution < 1.29 is 0 Å². The van der Waals surface area contributed by atoms with E-state index in [0.717, 1.165) is 5.56 Å². The number of thiocarbonyl (C=S) groups is 1. The van der Waals surface area contributed by atoms with Crippen molar-refractivity contribution >= 4 is 28.9 Å². The Hall–Kier alpha value is -1.24. The predicted molar refractivity (Wildman–Crippen MR) is 96.0 cm³/mol. The molecule has 22 heavy (non-hydrogen) atoms.